The third-order valence-electron chi connectivity index (χ3n) is 2.97. The Labute approximate surface area is 126 Å². The predicted octanol–water partition coefficient (Wildman–Crippen LogP) is 1.73. The van der Waals surface area contributed by atoms with Crippen LogP contribution in [0.15, 0.2) is 41.6 Å². The lowest BCUT2D eigenvalue weighted by Crippen LogP contribution is -2.15. The summed E-state index contributed by atoms with van der Waals surface area (Å²) in [6.45, 7) is 0.542. The van der Waals surface area contributed by atoms with E-state index in [0.717, 1.165) is 6.07 Å². The van der Waals surface area contributed by atoms with E-state index >= 15 is 0 Å². The number of aromatic carboxylic acids is 1. The van der Waals surface area contributed by atoms with E-state index in [0.29, 0.717) is 18.5 Å². The molecule has 2 rings (SSSR count). The number of hydrogen-bond acceptors (Lipinski definition) is 3. The Morgan fingerprint density at radius 1 is 1.29 bits per heavy atom. The van der Waals surface area contributed by atoms with Crippen molar-refractivity contribution in [1.82, 2.24) is 4.57 Å². The molecule has 2 aromatic rings. The average molecular weight is 329 g/mol. The smallest absolute Gasteiger partial charge is 0.335 e. The van der Waals surface area contributed by atoms with Gasteiger partial charge in [-0.3, -0.25) is 0 Å². The Kier molecular flexibility index (Phi) is 4.36. The summed E-state index contributed by atoms with van der Waals surface area (Å²) >= 11 is 6.05. The summed E-state index contributed by atoms with van der Waals surface area (Å²) in [6, 6.07) is 6.04. The first-order chi connectivity index (χ1) is 9.79. The van der Waals surface area contributed by atoms with Gasteiger partial charge in [0.1, 0.15) is 4.90 Å². The lowest BCUT2D eigenvalue weighted by atomic mass is 10.1. The predicted molar refractivity (Wildman–Crippen MR) is 77.9 cm³/mol. The van der Waals surface area contributed by atoms with Crippen LogP contribution in [-0.4, -0.2) is 24.1 Å². The van der Waals surface area contributed by atoms with E-state index in [1.165, 1.54) is 6.07 Å². The molecular formula is C13H13ClN2O4S. The molecule has 0 bridgehead atoms. The highest BCUT2D eigenvalue weighted by molar-refractivity contribution is 7.89. The van der Waals surface area contributed by atoms with Crippen LogP contribution < -0.4 is 5.14 Å². The highest BCUT2D eigenvalue weighted by atomic mass is 35.5. The van der Waals surface area contributed by atoms with Crippen LogP contribution in [0.5, 0.6) is 0 Å². The van der Waals surface area contributed by atoms with Gasteiger partial charge in [-0.25, -0.2) is 18.4 Å². The maximum absolute atomic E-state index is 11.5. The van der Waals surface area contributed by atoms with Crippen LogP contribution in [0.4, 0.5) is 0 Å². The van der Waals surface area contributed by atoms with Crippen molar-refractivity contribution >= 4 is 27.6 Å². The number of carboxylic acid groups (broad SMARTS) is 1. The third-order valence-corrected chi connectivity index (χ3v) is 4.47. The Hall–Kier alpha value is -1.83. The van der Waals surface area contributed by atoms with Gasteiger partial charge < -0.3 is 9.67 Å². The number of aryl methyl sites for hydroxylation is 2. The monoisotopic (exact) mass is 328 g/mol. The summed E-state index contributed by atoms with van der Waals surface area (Å²) in [7, 11) is -4.09. The van der Waals surface area contributed by atoms with Gasteiger partial charge in [0.15, 0.2) is 0 Å². The minimum Gasteiger partial charge on any atom is -0.478 e. The molecule has 0 atom stereocenters. The van der Waals surface area contributed by atoms with Gasteiger partial charge in [0.25, 0.3) is 0 Å². The molecule has 1 aromatic carbocycles. The fourth-order valence-electron chi connectivity index (χ4n) is 1.94. The normalized spacial score (nSPS) is 11.5. The quantitative estimate of drug-likeness (QED) is 0.872. The highest BCUT2D eigenvalue weighted by Crippen LogP contribution is 2.27. The number of halogens is 1. The van der Waals surface area contributed by atoms with E-state index in [1.807, 2.05) is 29.1 Å². The number of nitrogens with two attached hydrogens (primary N) is 1. The SMILES string of the molecule is NS(=O)(=O)c1cc(C(=O)O)cc(CCn2cccc2)c1Cl. The third kappa shape index (κ3) is 3.63. The van der Waals surface area contributed by atoms with Gasteiger partial charge in [-0.1, -0.05) is 11.6 Å². The first-order valence-electron chi connectivity index (χ1n) is 5.98. The van der Waals surface area contributed by atoms with E-state index in [9.17, 15) is 13.2 Å². The summed E-state index contributed by atoms with van der Waals surface area (Å²) in [5.74, 6) is -1.24. The Bertz CT molecular complexity index is 770. The number of benzene rings is 1. The van der Waals surface area contributed by atoms with E-state index in [4.69, 9.17) is 21.8 Å². The van der Waals surface area contributed by atoms with Crippen LogP contribution >= 0.6 is 11.6 Å². The molecule has 0 saturated carbocycles. The molecule has 6 nitrogen and oxygen atoms in total. The number of rotatable bonds is 5. The zero-order valence-electron chi connectivity index (χ0n) is 10.9. The molecular weight excluding hydrogens is 316 g/mol. The molecule has 0 radical (unpaired) electrons. The molecule has 8 heteroatoms. The van der Waals surface area contributed by atoms with Gasteiger partial charge in [0, 0.05) is 18.9 Å². The number of aromatic nitrogens is 1. The molecule has 0 amide bonds. The highest BCUT2D eigenvalue weighted by Gasteiger charge is 2.19. The second kappa shape index (κ2) is 5.88. The maximum Gasteiger partial charge on any atom is 0.335 e. The van der Waals surface area contributed by atoms with Crippen molar-refractivity contribution in [2.75, 3.05) is 0 Å². The first kappa shape index (κ1) is 15.6. The van der Waals surface area contributed by atoms with E-state index in [1.54, 1.807) is 0 Å². The van der Waals surface area contributed by atoms with Crippen LogP contribution in [0.1, 0.15) is 15.9 Å². The van der Waals surface area contributed by atoms with Gasteiger partial charge >= 0.3 is 5.97 Å². The van der Waals surface area contributed by atoms with Crippen molar-refractivity contribution in [2.45, 2.75) is 17.9 Å². The molecule has 1 heterocycles. The van der Waals surface area contributed by atoms with E-state index in [2.05, 4.69) is 0 Å². The molecule has 0 aliphatic carbocycles. The standard InChI is InChI=1S/C13H13ClN2O4S/c14-12-9(3-6-16-4-1-2-5-16)7-10(13(17)18)8-11(12)21(15,19)20/h1-2,4-5,7-8H,3,6H2,(H,17,18)(H2,15,19,20). The number of carbonyl (C=O) groups is 1. The van der Waals surface area contributed by atoms with Gasteiger partial charge in [0.05, 0.1) is 10.6 Å². The largest absolute Gasteiger partial charge is 0.478 e. The molecule has 1 aromatic heterocycles. The summed E-state index contributed by atoms with van der Waals surface area (Å²) in [5, 5.41) is 14.1. The molecule has 112 valence electrons. The van der Waals surface area contributed by atoms with Crippen molar-refractivity contribution in [3.8, 4) is 0 Å². The van der Waals surface area contributed by atoms with Crippen LogP contribution in [0.2, 0.25) is 5.02 Å². The fraction of sp³-hybridized carbons (Fsp3) is 0.154. The molecule has 0 aliphatic heterocycles. The van der Waals surface area contributed by atoms with Crippen LogP contribution in [0.25, 0.3) is 0 Å². The Morgan fingerprint density at radius 2 is 1.90 bits per heavy atom. The van der Waals surface area contributed by atoms with Gasteiger partial charge in [0.2, 0.25) is 10.0 Å². The van der Waals surface area contributed by atoms with E-state index < -0.39 is 16.0 Å². The Morgan fingerprint density at radius 3 is 2.43 bits per heavy atom. The van der Waals surface area contributed by atoms with Crippen molar-refractivity contribution in [3.05, 3.63) is 52.8 Å². The zero-order chi connectivity index (χ0) is 15.6. The van der Waals surface area contributed by atoms with Gasteiger partial charge in [-0.2, -0.15) is 0 Å². The fourth-order valence-corrected chi connectivity index (χ4v) is 3.14. The number of nitrogens with zero attached hydrogens (tertiary/aromatic N) is 1. The summed E-state index contributed by atoms with van der Waals surface area (Å²) in [5.41, 5.74) is 0.264. The lowest BCUT2D eigenvalue weighted by molar-refractivity contribution is 0.0696. The Balaban J connectivity index is 2.44. The first-order valence-corrected chi connectivity index (χ1v) is 7.91. The van der Waals surface area contributed by atoms with Crippen LogP contribution in [0.3, 0.4) is 0 Å². The number of sulfonamides is 1. The molecule has 0 fully saturated rings. The van der Waals surface area contributed by atoms with Crippen LogP contribution in [0, 0.1) is 0 Å². The summed E-state index contributed by atoms with van der Waals surface area (Å²) in [4.78, 5) is 10.7. The minimum absolute atomic E-state index is 0.0327. The minimum atomic E-state index is -4.09. The lowest BCUT2D eigenvalue weighted by Gasteiger charge is -2.11. The summed E-state index contributed by atoms with van der Waals surface area (Å²) in [6.07, 6.45) is 4.07. The zero-order valence-corrected chi connectivity index (χ0v) is 12.4. The molecule has 0 saturated heterocycles. The van der Waals surface area contributed by atoms with Gasteiger partial charge in [-0.05, 0) is 36.2 Å². The second-order valence-electron chi connectivity index (χ2n) is 4.47. The summed E-state index contributed by atoms with van der Waals surface area (Å²) < 4.78 is 24.9. The number of hydrogen-bond donors (Lipinski definition) is 2. The van der Waals surface area contributed by atoms with Gasteiger partial charge in [-0.15, -0.1) is 0 Å². The topological polar surface area (TPSA) is 102 Å². The van der Waals surface area contributed by atoms with Crippen molar-refractivity contribution in [3.63, 3.8) is 0 Å². The molecule has 21 heavy (non-hydrogen) atoms. The number of primary sulfonamides is 1. The second-order valence-corrected chi connectivity index (χ2v) is 6.38. The molecule has 0 aliphatic rings. The molecule has 0 spiro atoms. The van der Waals surface area contributed by atoms with Crippen molar-refractivity contribution in [1.29, 1.82) is 0 Å². The van der Waals surface area contributed by atoms with Crippen molar-refractivity contribution in [2.24, 2.45) is 5.14 Å². The average Bonchev–Trinajstić information content (AvgIpc) is 2.88. The van der Waals surface area contributed by atoms with Crippen LogP contribution in [-0.2, 0) is 23.0 Å². The van der Waals surface area contributed by atoms with Crippen molar-refractivity contribution < 1.29 is 18.3 Å². The van der Waals surface area contributed by atoms with E-state index in [-0.39, 0.29) is 15.5 Å². The molecule has 0 unspecified atom stereocenters. The molecule has 3 N–H and O–H groups in total. The maximum atomic E-state index is 11.5. The number of carboxylic acids is 1.